The molecule has 180 valence electrons. The molecule has 1 aromatic heterocycles. The fourth-order valence-electron chi connectivity index (χ4n) is 4.05. The summed E-state index contributed by atoms with van der Waals surface area (Å²) in [5.74, 6) is 0.269. The van der Waals surface area contributed by atoms with Crippen LogP contribution in [0.3, 0.4) is 0 Å². The third kappa shape index (κ3) is 4.88. The number of rotatable bonds is 7. The molecule has 0 unspecified atom stereocenters. The summed E-state index contributed by atoms with van der Waals surface area (Å²) in [7, 11) is 1.62. The van der Waals surface area contributed by atoms with E-state index in [0.717, 1.165) is 39.5 Å². The van der Waals surface area contributed by atoms with Crippen molar-refractivity contribution < 1.29 is 23.1 Å². The van der Waals surface area contributed by atoms with E-state index in [1.807, 2.05) is 51.1 Å². The highest BCUT2D eigenvalue weighted by Gasteiger charge is 2.20. The first-order valence-electron chi connectivity index (χ1n) is 11.1. The van der Waals surface area contributed by atoms with Crippen LogP contribution in [0.4, 0.5) is 10.1 Å². The lowest BCUT2D eigenvalue weighted by Gasteiger charge is -2.15. The molecular formula is C28H25ClFNO4. The average molecular weight is 494 g/mol. The molecule has 0 aliphatic heterocycles. The number of halogens is 2. The number of aryl methyl sites for hydroxylation is 1. The molecule has 1 N–H and O–H groups in total. The van der Waals surface area contributed by atoms with Gasteiger partial charge < -0.3 is 19.2 Å². The van der Waals surface area contributed by atoms with E-state index >= 15 is 0 Å². The van der Waals surface area contributed by atoms with Crippen LogP contribution in [0.1, 0.15) is 25.0 Å². The predicted molar refractivity (Wildman–Crippen MR) is 138 cm³/mol. The van der Waals surface area contributed by atoms with E-state index in [-0.39, 0.29) is 10.7 Å². The Morgan fingerprint density at radius 1 is 1.17 bits per heavy atom. The third-order valence-electron chi connectivity index (χ3n) is 5.69. The SMILES string of the molecule is CCOc1c(/C(C)=C/C(=O)Nc2ccc(Cl)cc2F)cc2c(-c3ccccc3OC)coc2c1C. The standard InChI is InChI=1S/C28H25ClFNO4/c1-5-34-27-17(3)28-21(22(15-35-28)19-8-6-7-9-25(19)33-4)14-20(27)16(2)12-26(32)31-24-11-10-18(29)13-23(24)30/h6-15H,5H2,1-4H3,(H,31,32)/b16-12+. The van der Waals surface area contributed by atoms with Crippen LogP contribution < -0.4 is 14.8 Å². The van der Waals surface area contributed by atoms with Gasteiger partial charge in [0.1, 0.15) is 22.9 Å². The second-order valence-corrected chi connectivity index (χ2v) is 8.41. The Morgan fingerprint density at radius 2 is 1.94 bits per heavy atom. The number of para-hydroxylation sites is 1. The smallest absolute Gasteiger partial charge is 0.248 e. The molecule has 0 spiro atoms. The van der Waals surface area contributed by atoms with Gasteiger partial charge >= 0.3 is 0 Å². The molecule has 0 bridgehead atoms. The number of hydrogen-bond donors (Lipinski definition) is 1. The minimum atomic E-state index is -0.607. The van der Waals surface area contributed by atoms with Crippen LogP contribution in [0.5, 0.6) is 11.5 Å². The molecule has 3 aromatic carbocycles. The van der Waals surface area contributed by atoms with Crippen molar-refractivity contribution in [2.24, 2.45) is 0 Å². The molecule has 0 aliphatic rings. The number of furan rings is 1. The first-order chi connectivity index (χ1) is 16.8. The second kappa shape index (κ2) is 10.2. The number of amides is 1. The minimum Gasteiger partial charge on any atom is -0.496 e. The quantitative estimate of drug-likeness (QED) is 0.268. The maximum absolute atomic E-state index is 14.1. The van der Waals surface area contributed by atoms with Gasteiger partial charge in [-0.05, 0) is 56.7 Å². The van der Waals surface area contributed by atoms with Gasteiger partial charge in [0.05, 0.1) is 25.7 Å². The van der Waals surface area contributed by atoms with Gasteiger partial charge in [0.2, 0.25) is 5.91 Å². The van der Waals surface area contributed by atoms with E-state index < -0.39 is 11.7 Å². The van der Waals surface area contributed by atoms with Crippen LogP contribution >= 0.6 is 11.6 Å². The van der Waals surface area contributed by atoms with Gasteiger partial charge in [0.25, 0.3) is 0 Å². The van der Waals surface area contributed by atoms with Crippen molar-refractivity contribution in [2.75, 3.05) is 19.0 Å². The first kappa shape index (κ1) is 24.4. The number of nitrogens with one attached hydrogen (secondary N) is 1. The molecule has 1 amide bonds. The summed E-state index contributed by atoms with van der Waals surface area (Å²) in [4.78, 5) is 12.7. The Balaban J connectivity index is 1.80. The normalized spacial score (nSPS) is 11.5. The molecule has 0 radical (unpaired) electrons. The van der Waals surface area contributed by atoms with E-state index in [4.69, 9.17) is 25.5 Å². The molecule has 1 heterocycles. The predicted octanol–water partition coefficient (Wildman–Crippen LogP) is 7.65. The van der Waals surface area contributed by atoms with Gasteiger partial charge in [0, 0.05) is 38.7 Å². The van der Waals surface area contributed by atoms with Gasteiger partial charge in [-0.15, -0.1) is 0 Å². The first-order valence-corrected chi connectivity index (χ1v) is 11.5. The van der Waals surface area contributed by atoms with Gasteiger partial charge in [-0.1, -0.05) is 29.8 Å². The monoisotopic (exact) mass is 493 g/mol. The summed E-state index contributed by atoms with van der Waals surface area (Å²) in [5.41, 5.74) is 4.70. The minimum absolute atomic E-state index is 0.0495. The fraction of sp³-hybridized carbons (Fsp3) is 0.179. The zero-order valence-electron chi connectivity index (χ0n) is 19.9. The lowest BCUT2D eigenvalue weighted by atomic mass is 9.96. The number of hydrogen-bond acceptors (Lipinski definition) is 4. The van der Waals surface area contributed by atoms with E-state index in [1.165, 1.54) is 18.2 Å². The van der Waals surface area contributed by atoms with Gasteiger partial charge in [0.15, 0.2) is 0 Å². The van der Waals surface area contributed by atoms with Crippen LogP contribution in [0.25, 0.3) is 27.7 Å². The lowest BCUT2D eigenvalue weighted by molar-refractivity contribution is -0.111. The van der Waals surface area contributed by atoms with Crippen LogP contribution in [0.2, 0.25) is 5.02 Å². The Kier molecular flexibility index (Phi) is 7.12. The van der Waals surface area contributed by atoms with E-state index in [9.17, 15) is 9.18 Å². The fourth-order valence-corrected chi connectivity index (χ4v) is 4.21. The van der Waals surface area contributed by atoms with Crippen molar-refractivity contribution in [3.63, 3.8) is 0 Å². The highest BCUT2D eigenvalue weighted by Crippen LogP contribution is 2.42. The molecule has 5 nitrogen and oxygen atoms in total. The Hall–Kier alpha value is -3.77. The number of anilines is 1. The number of allylic oxidation sites excluding steroid dienone is 1. The largest absolute Gasteiger partial charge is 0.496 e. The Labute approximate surface area is 208 Å². The Bertz CT molecular complexity index is 1440. The highest BCUT2D eigenvalue weighted by molar-refractivity contribution is 6.30. The number of carbonyl (C=O) groups is 1. The molecule has 0 saturated heterocycles. The molecule has 4 aromatic rings. The van der Waals surface area contributed by atoms with Crippen molar-refractivity contribution in [2.45, 2.75) is 20.8 Å². The summed E-state index contributed by atoms with van der Waals surface area (Å²) < 4.78 is 31.6. The lowest BCUT2D eigenvalue weighted by Crippen LogP contribution is -2.10. The Morgan fingerprint density at radius 3 is 2.66 bits per heavy atom. The summed E-state index contributed by atoms with van der Waals surface area (Å²) in [6.07, 6.45) is 3.12. The van der Waals surface area contributed by atoms with Crippen LogP contribution in [0, 0.1) is 12.7 Å². The van der Waals surface area contributed by atoms with Crippen LogP contribution in [-0.2, 0) is 4.79 Å². The van der Waals surface area contributed by atoms with Gasteiger partial charge in [-0.2, -0.15) is 0 Å². The van der Waals surface area contributed by atoms with Crippen molar-refractivity contribution in [1.29, 1.82) is 0 Å². The summed E-state index contributed by atoms with van der Waals surface area (Å²) in [6, 6.07) is 13.7. The number of fused-ring (bicyclic) bond motifs is 1. The number of carbonyl (C=O) groups excluding carboxylic acids is 1. The average Bonchev–Trinajstić information content (AvgIpc) is 3.26. The summed E-state index contributed by atoms with van der Waals surface area (Å²) >= 11 is 5.80. The van der Waals surface area contributed by atoms with Crippen LogP contribution in [-0.4, -0.2) is 19.6 Å². The topological polar surface area (TPSA) is 60.7 Å². The maximum Gasteiger partial charge on any atom is 0.248 e. The summed E-state index contributed by atoms with van der Waals surface area (Å²) in [5, 5.41) is 3.68. The maximum atomic E-state index is 14.1. The summed E-state index contributed by atoms with van der Waals surface area (Å²) in [6.45, 7) is 6.06. The zero-order chi connectivity index (χ0) is 25.1. The third-order valence-corrected chi connectivity index (χ3v) is 5.93. The number of methoxy groups -OCH3 is 1. The molecule has 0 atom stereocenters. The molecule has 0 aliphatic carbocycles. The molecule has 0 fully saturated rings. The molecule has 7 heteroatoms. The van der Waals surface area contributed by atoms with E-state index in [1.54, 1.807) is 13.4 Å². The second-order valence-electron chi connectivity index (χ2n) is 7.98. The molecule has 35 heavy (non-hydrogen) atoms. The van der Waals surface area contributed by atoms with Crippen molar-refractivity contribution in [3.05, 3.63) is 82.8 Å². The highest BCUT2D eigenvalue weighted by atomic mass is 35.5. The number of benzene rings is 3. The van der Waals surface area contributed by atoms with E-state index in [0.29, 0.717) is 23.5 Å². The molecule has 0 saturated carbocycles. The van der Waals surface area contributed by atoms with Gasteiger partial charge in [-0.25, -0.2) is 4.39 Å². The molecular weight excluding hydrogens is 469 g/mol. The van der Waals surface area contributed by atoms with E-state index in [2.05, 4.69) is 5.32 Å². The van der Waals surface area contributed by atoms with Gasteiger partial charge in [-0.3, -0.25) is 4.79 Å². The van der Waals surface area contributed by atoms with Crippen molar-refractivity contribution in [1.82, 2.24) is 0 Å². The number of ether oxygens (including phenoxy) is 2. The molecule has 4 rings (SSSR count). The zero-order valence-corrected chi connectivity index (χ0v) is 20.6. The van der Waals surface area contributed by atoms with Crippen LogP contribution in [0.15, 0.2) is 65.3 Å². The van der Waals surface area contributed by atoms with Crippen molar-refractivity contribution >= 4 is 39.7 Å². The van der Waals surface area contributed by atoms with Crippen molar-refractivity contribution in [3.8, 4) is 22.6 Å².